The van der Waals surface area contributed by atoms with Crippen LogP contribution >= 0.6 is 0 Å². The summed E-state index contributed by atoms with van der Waals surface area (Å²) in [7, 11) is 0.104. The minimum Gasteiger partial charge on any atom is -0.378 e. The fourth-order valence-electron chi connectivity index (χ4n) is 3.04. The average molecular weight is 434 g/mol. The van der Waals surface area contributed by atoms with Gasteiger partial charge in [-0.1, -0.05) is 29.8 Å². The van der Waals surface area contributed by atoms with Crippen molar-refractivity contribution in [2.45, 2.75) is 11.8 Å². The number of benzene rings is 3. The lowest BCUT2D eigenvalue weighted by molar-refractivity contribution is 0.601. The van der Waals surface area contributed by atoms with Gasteiger partial charge >= 0.3 is 0 Å². The van der Waals surface area contributed by atoms with Gasteiger partial charge in [-0.2, -0.15) is 0 Å². The molecule has 0 fully saturated rings. The third-order valence-electron chi connectivity index (χ3n) is 4.78. The van der Waals surface area contributed by atoms with Crippen LogP contribution in [0, 0.1) is 6.92 Å². The standard InChI is InChI=1S/C23H23N5O2S/c1-16-8-14-19(15-9-16)31(29,30)27-23-22(25-20-6-4-5-7-21(20)26-23)24-17-10-12-18(13-11-17)28(2)3/h4-15H,1-3H3,(H,24,25)(H,26,27). The first-order chi connectivity index (χ1) is 14.8. The molecule has 0 radical (unpaired) electrons. The molecule has 3 aromatic carbocycles. The van der Waals surface area contributed by atoms with Crippen LogP contribution in [-0.4, -0.2) is 32.5 Å². The van der Waals surface area contributed by atoms with E-state index in [0.29, 0.717) is 16.9 Å². The van der Waals surface area contributed by atoms with E-state index in [1.54, 1.807) is 30.3 Å². The Morgan fingerprint density at radius 1 is 0.774 bits per heavy atom. The van der Waals surface area contributed by atoms with E-state index in [0.717, 1.165) is 16.9 Å². The summed E-state index contributed by atoms with van der Waals surface area (Å²) in [5, 5.41) is 3.19. The molecule has 7 nitrogen and oxygen atoms in total. The number of sulfonamides is 1. The Kier molecular flexibility index (Phi) is 5.48. The van der Waals surface area contributed by atoms with Gasteiger partial charge in [0.2, 0.25) is 0 Å². The Morgan fingerprint density at radius 2 is 1.35 bits per heavy atom. The van der Waals surface area contributed by atoms with Crippen LogP contribution in [0.5, 0.6) is 0 Å². The fraction of sp³-hybridized carbons (Fsp3) is 0.130. The summed E-state index contributed by atoms with van der Waals surface area (Å²) in [4.78, 5) is 11.3. The van der Waals surface area contributed by atoms with Gasteiger partial charge in [0.05, 0.1) is 15.9 Å². The average Bonchev–Trinajstić information content (AvgIpc) is 2.74. The molecule has 0 saturated carbocycles. The molecule has 0 bridgehead atoms. The summed E-state index contributed by atoms with van der Waals surface area (Å²) in [6, 6.07) is 21.7. The van der Waals surface area contributed by atoms with Gasteiger partial charge in [-0.05, 0) is 55.5 Å². The molecule has 1 aromatic heterocycles. The van der Waals surface area contributed by atoms with Crippen LogP contribution in [0.3, 0.4) is 0 Å². The van der Waals surface area contributed by atoms with E-state index in [1.165, 1.54) is 0 Å². The first kappa shape index (κ1) is 20.6. The maximum absolute atomic E-state index is 13.0. The number of nitrogens with zero attached hydrogens (tertiary/aromatic N) is 3. The van der Waals surface area contributed by atoms with Crippen LogP contribution in [-0.2, 0) is 10.0 Å². The summed E-state index contributed by atoms with van der Waals surface area (Å²) < 4.78 is 28.5. The van der Waals surface area contributed by atoms with Gasteiger partial charge in [-0.15, -0.1) is 0 Å². The summed E-state index contributed by atoms with van der Waals surface area (Å²) in [6.07, 6.45) is 0. The van der Waals surface area contributed by atoms with Crippen LogP contribution in [0.25, 0.3) is 11.0 Å². The molecule has 158 valence electrons. The highest BCUT2D eigenvalue weighted by atomic mass is 32.2. The van der Waals surface area contributed by atoms with Crippen molar-refractivity contribution >= 4 is 44.1 Å². The number of fused-ring (bicyclic) bond motifs is 1. The third-order valence-corrected chi connectivity index (χ3v) is 6.13. The SMILES string of the molecule is Cc1ccc(S(=O)(=O)Nc2nc3ccccc3nc2Nc2ccc(N(C)C)cc2)cc1. The molecule has 1 heterocycles. The number of hydrogen-bond donors (Lipinski definition) is 2. The van der Waals surface area contributed by atoms with Gasteiger partial charge in [0.15, 0.2) is 11.6 Å². The van der Waals surface area contributed by atoms with E-state index >= 15 is 0 Å². The molecule has 0 aliphatic carbocycles. The summed E-state index contributed by atoms with van der Waals surface area (Å²) in [5.74, 6) is 0.461. The Balaban J connectivity index is 1.73. The van der Waals surface area contributed by atoms with E-state index < -0.39 is 10.0 Å². The van der Waals surface area contributed by atoms with Crippen molar-refractivity contribution in [2.24, 2.45) is 0 Å². The first-order valence-corrected chi connectivity index (χ1v) is 11.2. The highest BCUT2D eigenvalue weighted by Gasteiger charge is 2.19. The van der Waals surface area contributed by atoms with Crippen molar-refractivity contribution in [3.8, 4) is 0 Å². The lowest BCUT2D eigenvalue weighted by Crippen LogP contribution is -2.16. The van der Waals surface area contributed by atoms with E-state index in [2.05, 4.69) is 20.0 Å². The quantitative estimate of drug-likeness (QED) is 0.464. The van der Waals surface area contributed by atoms with Crippen molar-refractivity contribution < 1.29 is 8.42 Å². The summed E-state index contributed by atoms with van der Waals surface area (Å²) in [6.45, 7) is 1.90. The lowest BCUT2D eigenvalue weighted by Gasteiger charge is -2.15. The Labute approximate surface area is 181 Å². The maximum Gasteiger partial charge on any atom is 0.263 e. The Morgan fingerprint density at radius 3 is 1.94 bits per heavy atom. The van der Waals surface area contributed by atoms with Gasteiger partial charge in [0.1, 0.15) is 0 Å². The predicted molar refractivity (Wildman–Crippen MR) is 126 cm³/mol. The van der Waals surface area contributed by atoms with Crippen LogP contribution in [0.15, 0.2) is 77.7 Å². The largest absolute Gasteiger partial charge is 0.378 e. The molecule has 0 aliphatic heterocycles. The highest BCUT2D eigenvalue weighted by molar-refractivity contribution is 7.92. The zero-order valence-corrected chi connectivity index (χ0v) is 18.3. The van der Waals surface area contributed by atoms with Crippen molar-refractivity contribution in [1.82, 2.24) is 9.97 Å². The van der Waals surface area contributed by atoms with Crippen molar-refractivity contribution in [2.75, 3.05) is 29.0 Å². The second-order valence-electron chi connectivity index (χ2n) is 7.39. The second-order valence-corrected chi connectivity index (χ2v) is 9.08. The highest BCUT2D eigenvalue weighted by Crippen LogP contribution is 2.28. The predicted octanol–water partition coefficient (Wildman–Crippen LogP) is 4.55. The smallest absolute Gasteiger partial charge is 0.263 e. The molecule has 0 amide bonds. The van der Waals surface area contributed by atoms with E-state index in [1.807, 2.05) is 68.4 Å². The Bertz CT molecular complexity index is 1320. The van der Waals surface area contributed by atoms with Gasteiger partial charge in [0, 0.05) is 25.5 Å². The fourth-order valence-corrected chi connectivity index (χ4v) is 4.05. The van der Waals surface area contributed by atoms with Crippen molar-refractivity contribution in [3.05, 3.63) is 78.4 Å². The molecule has 0 unspecified atom stereocenters. The molecule has 4 rings (SSSR count). The minimum absolute atomic E-state index is 0.135. The molecular formula is C23H23N5O2S. The van der Waals surface area contributed by atoms with Crippen LogP contribution in [0.1, 0.15) is 5.56 Å². The molecule has 31 heavy (non-hydrogen) atoms. The Hall–Kier alpha value is -3.65. The number of rotatable bonds is 6. The molecule has 4 aromatic rings. The molecule has 0 aliphatic rings. The van der Waals surface area contributed by atoms with Crippen molar-refractivity contribution in [1.29, 1.82) is 0 Å². The van der Waals surface area contributed by atoms with Crippen LogP contribution in [0.4, 0.5) is 23.0 Å². The summed E-state index contributed by atoms with van der Waals surface area (Å²) in [5.41, 5.74) is 4.06. The van der Waals surface area contributed by atoms with Gasteiger partial charge in [0.25, 0.3) is 10.0 Å². The van der Waals surface area contributed by atoms with Crippen molar-refractivity contribution in [3.63, 3.8) is 0 Å². The molecule has 0 atom stereocenters. The van der Waals surface area contributed by atoms with E-state index in [4.69, 9.17) is 0 Å². The van der Waals surface area contributed by atoms with E-state index in [9.17, 15) is 8.42 Å². The van der Waals surface area contributed by atoms with Crippen LogP contribution in [0.2, 0.25) is 0 Å². The second kappa shape index (κ2) is 8.23. The number of hydrogen-bond acceptors (Lipinski definition) is 6. The molecule has 0 spiro atoms. The normalized spacial score (nSPS) is 11.3. The number of aryl methyl sites for hydroxylation is 1. The molecule has 8 heteroatoms. The van der Waals surface area contributed by atoms with E-state index in [-0.39, 0.29) is 10.7 Å². The summed E-state index contributed by atoms with van der Waals surface area (Å²) >= 11 is 0. The monoisotopic (exact) mass is 433 g/mol. The number of anilines is 4. The minimum atomic E-state index is -3.83. The number of nitrogens with one attached hydrogen (secondary N) is 2. The third kappa shape index (κ3) is 4.59. The molecule has 2 N–H and O–H groups in total. The molecule has 0 saturated heterocycles. The zero-order chi connectivity index (χ0) is 22.0. The van der Waals surface area contributed by atoms with Crippen LogP contribution < -0.4 is 14.9 Å². The molecular weight excluding hydrogens is 410 g/mol. The topological polar surface area (TPSA) is 87.2 Å². The number of aromatic nitrogens is 2. The zero-order valence-electron chi connectivity index (χ0n) is 17.5. The number of para-hydroxylation sites is 2. The first-order valence-electron chi connectivity index (χ1n) is 9.72. The van der Waals surface area contributed by atoms with Gasteiger partial charge < -0.3 is 10.2 Å². The van der Waals surface area contributed by atoms with Gasteiger partial charge in [-0.25, -0.2) is 18.4 Å². The lowest BCUT2D eigenvalue weighted by atomic mass is 10.2. The maximum atomic E-state index is 13.0. The van der Waals surface area contributed by atoms with Gasteiger partial charge in [-0.3, -0.25) is 4.72 Å².